The standard InChI is InChI=1S/C26H21ClN4O3S/c1-2-31-20-12-9-17(14-22(20)35-21-6-4-3-5-19(21)26(31)33)25-29-24(34-30-25)15-28-23(32)13-16-7-10-18(27)11-8-16/h3-12,14H,2,13,15H2,1H3,(H,28,32). The SMILES string of the molecule is CCN1C(=O)c2ccccc2Sc2cc(-c3noc(CNC(=O)Cc4ccc(Cl)cc4)n3)ccc21. The molecule has 176 valence electrons. The molecule has 0 aliphatic carbocycles. The van der Waals surface area contributed by atoms with Crippen LogP contribution in [0.3, 0.4) is 0 Å². The summed E-state index contributed by atoms with van der Waals surface area (Å²) in [5.41, 5.74) is 3.16. The van der Waals surface area contributed by atoms with Crippen LogP contribution in [0.2, 0.25) is 5.02 Å². The molecule has 1 aliphatic rings. The molecule has 0 atom stereocenters. The summed E-state index contributed by atoms with van der Waals surface area (Å²) in [5, 5.41) is 7.51. The van der Waals surface area contributed by atoms with Gasteiger partial charge in [-0.2, -0.15) is 4.98 Å². The Morgan fingerprint density at radius 3 is 2.69 bits per heavy atom. The number of rotatable bonds is 6. The molecule has 5 rings (SSSR count). The summed E-state index contributed by atoms with van der Waals surface area (Å²) in [5.74, 6) is 0.555. The van der Waals surface area contributed by atoms with Crippen LogP contribution in [0.4, 0.5) is 5.69 Å². The van der Waals surface area contributed by atoms with Gasteiger partial charge in [0.25, 0.3) is 5.91 Å². The van der Waals surface area contributed by atoms with Crippen LogP contribution in [0.15, 0.2) is 81.0 Å². The van der Waals surface area contributed by atoms with Crippen LogP contribution in [-0.4, -0.2) is 28.5 Å². The monoisotopic (exact) mass is 504 g/mol. The van der Waals surface area contributed by atoms with E-state index >= 15 is 0 Å². The van der Waals surface area contributed by atoms with Crippen molar-refractivity contribution in [1.82, 2.24) is 15.5 Å². The molecule has 0 bridgehead atoms. The second-order valence-corrected chi connectivity index (χ2v) is 9.44. The molecule has 35 heavy (non-hydrogen) atoms. The maximum absolute atomic E-state index is 13.1. The average Bonchev–Trinajstić information content (AvgIpc) is 3.30. The second-order valence-electron chi connectivity index (χ2n) is 7.92. The lowest BCUT2D eigenvalue weighted by atomic mass is 10.1. The minimum Gasteiger partial charge on any atom is -0.347 e. The average molecular weight is 505 g/mol. The highest BCUT2D eigenvalue weighted by molar-refractivity contribution is 7.99. The van der Waals surface area contributed by atoms with Crippen molar-refractivity contribution in [3.05, 3.63) is 88.8 Å². The molecule has 2 heterocycles. The summed E-state index contributed by atoms with van der Waals surface area (Å²) in [4.78, 5) is 33.4. The fourth-order valence-electron chi connectivity index (χ4n) is 3.85. The van der Waals surface area contributed by atoms with E-state index in [9.17, 15) is 9.59 Å². The first-order valence-electron chi connectivity index (χ1n) is 11.1. The van der Waals surface area contributed by atoms with E-state index in [0.717, 1.165) is 26.6 Å². The smallest absolute Gasteiger partial charge is 0.259 e. The van der Waals surface area contributed by atoms with Crippen LogP contribution in [0, 0.1) is 0 Å². The Bertz CT molecular complexity index is 1400. The fraction of sp³-hybridized carbons (Fsp3) is 0.154. The van der Waals surface area contributed by atoms with Gasteiger partial charge in [-0.3, -0.25) is 9.59 Å². The Balaban J connectivity index is 1.32. The van der Waals surface area contributed by atoms with Gasteiger partial charge in [0.15, 0.2) is 0 Å². The van der Waals surface area contributed by atoms with Gasteiger partial charge in [0, 0.05) is 26.9 Å². The minimum atomic E-state index is -0.156. The number of fused-ring (bicyclic) bond motifs is 2. The van der Waals surface area contributed by atoms with Crippen molar-refractivity contribution < 1.29 is 14.1 Å². The van der Waals surface area contributed by atoms with Gasteiger partial charge in [-0.25, -0.2) is 0 Å². The van der Waals surface area contributed by atoms with E-state index in [4.69, 9.17) is 16.1 Å². The lowest BCUT2D eigenvalue weighted by molar-refractivity contribution is -0.120. The normalized spacial score (nSPS) is 12.6. The molecule has 2 amide bonds. The maximum atomic E-state index is 13.1. The molecule has 1 N–H and O–H groups in total. The number of benzene rings is 3. The zero-order valence-electron chi connectivity index (χ0n) is 18.8. The van der Waals surface area contributed by atoms with E-state index in [1.165, 1.54) is 0 Å². The Labute approximate surface area is 211 Å². The summed E-state index contributed by atoms with van der Waals surface area (Å²) in [6, 6.07) is 20.5. The third kappa shape index (κ3) is 4.94. The van der Waals surface area contributed by atoms with E-state index < -0.39 is 0 Å². The predicted molar refractivity (Wildman–Crippen MR) is 135 cm³/mol. The van der Waals surface area contributed by atoms with Gasteiger partial charge in [0.05, 0.1) is 24.2 Å². The number of carbonyl (C=O) groups excluding carboxylic acids is 2. The zero-order valence-corrected chi connectivity index (χ0v) is 20.4. The first-order chi connectivity index (χ1) is 17.0. The van der Waals surface area contributed by atoms with Crippen molar-refractivity contribution in [3.8, 4) is 11.4 Å². The Kier molecular flexibility index (Phi) is 6.57. The van der Waals surface area contributed by atoms with Gasteiger partial charge < -0.3 is 14.7 Å². The van der Waals surface area contributed by atoms with Crippen molar-refractivity contribution >= 4 is 40.9 Å². The van der Waals surface area contributed by atoms with Crippen molar-refractivity contribution in [1.29, 1.82) is 0 Å². The Morgan fingerprint density at radius 1 is 1.09 bits per heavy atom. The van der Waals surface area contributed by atoms with Gasteiger partial charge in [0.2, 0.25) is 17.6 Å². The topological polar surface area (TPSA) is 88.3 Å². The summed E-state index contributed by atoms with van der Waals surface area (Å²) < 4.78 is 5.36. The lowest BCUT2D eigenvalue weighted by Gasteiger charge is -2.21. The number of nitrogens with one attached hydrogen (secondary N) is 1. The number of halogens is 1. The predicted octanol–water partition coefficient (Wildman–Crippen LogP) is 5.38. The van der Waals surface area contributed by atoms with E-state index in [1.54, 1.807) is 28.8 Å². The number of amides is 2. The van der Waals surface area contributed by atoms with Gasteiger partial charge >= 0.3 is 0 Å². The van der Waals surface area contributed by atoms with Crippen LogP contribution in [0.5, 0.6) is 0 Å². The highest BCUT2D eigenvalue weighted by atomic mass is 35.5. The van der Waals surface area contributed by atoms with Crippen LogP contribution >= 0.6 is 23.4 Å². The Morgan fingerprint density at radius 2 is 1.89 bits per heavy atom. The molecule has 0 fully saturated rings. The summed E-state index contributed by atoms with van der Waals surface area (Å²) in [6.45, 7) is 2.65. The molecule has 7 nitrogen and oxygen atoms in total. The molecule has 0 saturated carbocycles. The third-order valence-corrected chi connectivity index (χ3v) is 6.97. The van der Waals surface area contributed by atoms with E-state index in [2.05, 4.69) is 15.5 Å². The van der Waals surface area contributed by atoms with Crippen molar-refractivity contribution in [2.45, 2.75) is 29.7 Å². The van der Waals surface area contributed by atoms with Gasteiger partial charge in [0.1, 0.15) is 0 Å². The molecule has 0 radical (unpaired) electrons. The number of carbonyl (C=O) groups is 2. The molecule has 0 saturated heterocycles. The number of hydrogen-bond donors (Lipinski definition) is 1. The van der Waals surface area contributed by atoms with Gasteiger partial charge in [-0.1, -0.05) is 52.8 Å². The molecule has 0 unspecified atom stereocenters. The molecule has 4 aromatic rings. The molecule has 3 aromatic carbocycles. The minimum absolute atomic E-state index is 0.0155. The van der Waals surface area contributed by atoms with E-state index in [-0.39, 0.29) is 24.8 Å². The molecular weight excluding hydrogens is 484 g/mol. The first-order valence-corrected chi connectivity index (χ1v) is 12.3. The van der Waals surface area contributed by atoms with Crippen LogP contribution in [0.25, 0.3) is 11.4 Å². The molecular formula is C26H21ClN4O3S. The second kappa shape index (κ2) is 9.93. The number of hydrogen-bond acceptors (Lipinski definition) is 6. The van der Waals surface area contributed by atoms with E-state index in [0.29, 0.717) is 28.8 Å². The van der Waals surface area contributed by atoms with E-state index in [1.807, 2.05) is 61.5 Å². The fourth-order valence-corrected chi connectivity index (χ4v) is 5.09. The maximum Gasteiger partial charge on any atom is 0.259 e. The van der Waals surface area contributed by atoms with Crippen LogP contribution in [0.1, 0.15) is 28.7 Å². The van der Waals surface area contributed by atoms with Gasteiger partial charge in [-0.15, -0.1) is 0 Å². The molecule has 9 heteroatoms. The van der Waals surface area contributed by atoms with Gasteiger partial charge in [-0.05, 0) is 55.0 Å². The number of aromatic nitrogens is 2. The summed E-state index contributed by atoms with van der Waals surface area (Å²) >= 11 is 7.43. The summed E-state index contributed by atoms with van der Waals surface area (Å²) in [6.07, 6.45) is 0.230. The largest absolute Gasteiger partial charge is 0.347 e. The number of nitrogens with zero attached hydrogens (tertiary/aromatic N) is 3. The quantitative estimate of drug-likeness (QED) is 0.379. The Hall–Kier alpha value is -3.62. The number of anilines is 1. The molecule has 0 spiro atoms. The van der Waals surface area contributed by atoms with Crippen molar-refractivity contribution in [2.75, 3.05) is 11.4 Å². The highest BCUT2D eigenvalue weighted by Gasteiger charge is 2.26. The molecule has 1 aromatic heterocycles. The van der Waals surface area contributed by atoms with Crippen LogP contribution < -0.4 is 10.2 Å². The zero-order chi connectivity index (χ0) is 24.4. The van der Waals surface area contributed by atoms with Crippen molar-refractivity contribution in [2.24, 2.45) is 0 Å². The third-order valence-electron chi connectivity index (χ3n) is 5.59. The molecule has 1 aliphatic heterocycles. The van der Waals surface area contributed by atoms with Crippen molar-refractivity contribution in [3.63, 3.8) is 0 Å². The highest BCUT2D eigenvalue weighted by Crippen LogP contribution is 2.42. The lowest BCUT2D eigenvalue weighted by Crippen LogP contribution is -2.30. The first kappa shape index (κ1) is 23.1. The summed E-state index contributed by atoms with van der Waals surface area (Å²) in [7, 11) is 0. The van der Waals surface area contributed by atoms with Crippen LogP contribution in [-0.2, 0) is 17.8 Å².